The molecule has 0 radical (unpaired) electrons. The predicted octanol–water partition coefficient (Wildman–Crippen LogP) is 4.18. The molecule has 3 amide bonds. The van der Waals surface area contributed by atoms with E-state index in [1.807, 2.05) is 19.1 Å². The van der Waals surface area contributed by atoms with Gasteiger partial charge in [-0.05, 0) is 68.5 Å². The van der Waals surface area contributed by atoms with Crippen molar-refractivity contribution in [3.8, 4) is 0 Å². The monoisotopic (exact) mass is 488 g/mol. The van der Waals surface area contributed by atoms with Crippen LogP contribution in [0.25, 0.3) is 0 Å². The number of nitrogens with one attached hydrogen (secondary N) is 1. The Labute approximate surface area is 203 Å². The predicted molar refractivity (Wildman–Crippen MR) is 127 cm³/mol. The maximum absolute atomic E-state index is 13.3. The number of rotatable bonds is 4. The number of benzene rings is 1. The second kappa shape index (κ2) is 10.1. The number of carbonyl (C=O) groups is 3. The van der Waals surface area contributed by atoms with Crippen molar-refractivity contribution in [2.45, 2.75) is 38.6 Å². The van der Waals surface area contributed by atoms with E-state index >= 15 is 0 Å². The molecule has 2 aliphatic heterocycles. The van der Waals surface area contributed by atoms with E-state index in [-0.39, 0.29) is 23.6 Å². The molecule has 0 saturated carbocycles. The lowest BCUT2D eigenvalue weighted by Crippen LogP contribution is -2.50. The molecule has 7 nitrogen and oxygen atoms in total. The summed E-state index contributed by atoms with van der Waals surface area (Å²) in [5.74, 6) is -0.00920. The van der Waals surface area contributed by atoms with E-state index in [0.29, 0.717) is 60.3 Å². The van der Waals surface area contributed by atoms with Gasteiger partial charge in [0.2, 0.25) is 11.8 Å². The first kappa shape index (κ1) is 23.5. The molecule has 0 aliphatic carbocycles. The number of nitrogens with zero attached hydrogens (tertiary/aromatic N) is 3. The molecule has 4 rings (SSSR count). The first-order valence-corrected chi connectivity index (χ1v) is 11.9. The zero-order chi connectivity index (χ0) is 23.5. The molecule has 2 fully saturated rings. The van der Waals surface area contributed by atoms with E-state index in [2.05, 4.69) is 10.3 Å². The Morgan fingerprint density at radius 3 is 2.36 bits per heavy atom. The van der Waals surface area contributed by atoms with Gasteiger partial charge in [0.15, 0.2) is 0 Å². The van der Waals surface area contributed by atoms with Gasteiger partial charge in [0.05, 0.1) is 0 Å². The number of pyridine rings is 1. The Bertz CT molecular complexity index is 1050. The third kappa shape index (κ3) is 5.47. The van der Waals surface area contributed by atoms with Crippen molar-refractivity contribution in [1.82, 2.24) is 14.8 Å². The maximum atomic E-state index is 13.3. The van der Waals surface area contributed by atoms with Crippen LogP contribution in [-0.2, 0) is 9.59 Å². The number of piperidine rings is 1. The third-order valence-electron chi connectivity index (χ3n) is 6.25. The maximum Gasteiger partial charge on any atom is 0.254 e. The Balaban J connectivity index is 1.35. The fraction of sp³-hybridized carbons (Fsp3) is 0.417. The second-order valence-corrected chi connectivity index (χ2v) is 9.49. The Morgan fingerprint density at radius 1 is 1.00 bits per heavy atom. The molecule has 9 heteroatoms. The van der Waals surface area contributed by atoms with E-state index in [1.54, 1.807) is 34.2 Å². The molecular weight excluding hydrogens is 463 g/mol. The van der Waals surface area contributed by atoms with E-state index in [9.17, 15) is 14.4 Å². The van der Waals surface area contributed by atoms with Crippen molar-refractivity contribution < 1.29 is 14.4 Å². The van der Waals surface area contributed by atoms with Crippen molar-refractivity contribution in [1.29, 1.82) is 0 Å². The van der Waals surface area contributed by atoms with Crippen molar-refractivity contribution in [2.75, 3.05) is 25.0 Å². The molecule has 1 N–H and O–H groups in total. The molecule has 1 aromatic heterocycles. The molecule has 1 unspecified atom stereocenters. The summed E-state index contributed by atoms with van der Waals surface area (Å²) < 4.78 is 0. The van der Waals surface area contributed by atoms with E-state index in [1.165, 1.54) is 0 Å². The van der Waals surface area contributed by atoms with Crippen LogP contribution in [-0.4, -0.2) is 58.2 Å². The van der Waals surface area contributed by atoms with Crippen molar-refractivity contribution >= 4 is 46.7 Å². The highest BCUT2D eigenvalue weighted by atomic mass is 35.5. The first-order chi connectivity index (χ1) is 15.8. The van der Waals surface area contributed by atoms with Crippen LogP contribution in [0.15, 0.2) is 36.5 Å². The molecular formula is C24H26Cl2N4O3. The summed E-state index contributed by atoms with van der Waals surface area (Å²) in [6, 6.07) is 7.91. The Kier molecular flexibility index (Phi) is 7.20. The molecule has 2 saturated heterocycles. The highest BCUT2D eigenvalue weighted by molar-refractivity contribution is 6.35. The van der Waals surface area contributed by atoms with Crippen LogP contribution in [0.4, 0.5) is 5.82 Å². The largest absolute Gasteiger partial charge is 0.341 e. The molecule has 0 bridgehead atoms. The van der Waals surface area contributed by atoms with Gasteiger partial charge in [-0.1, -0.05) is 23.2 Å². The van der Waals surface area contributed by atoms with Gasteiger partial charge in [0.25, 0.3) is 5.91 Å². The van der Waals surface area contributed by atoms with E-state index < -0.39 is 6.04 Å². The van der Waals surface area contributed by atoms with Crippen LogP contribution in [0.2, 0.25) is 10.0 Å². The molecule has 3 heterocycles. The van der Waals surface area contributed by atoms with Gasteiger partial charge in [0.1, 0.15) is 11.9 Å². The molecule has 0 spiro atoms. The molecule has 2 aliphatic rings. The standard InChI is InChI=1S/C24H26Cl2N4O3/c1-15-4-7-27-21(11-15)28-22(31)16-5-9-29(10-6-16)24(33)20-3-2-8-30(20)23(32)17-12-18(25)14-19(26)13-17/h4,7,11-14,16,20H,2-3,5-6,8-10H2,1H3,(H,27,28,31). The lowest BCUT2D eigenvalue weighted by Gasteiger charge is -2.35. The molecule has 1 atom stereocenters. The van der Waals surface area contributed by atoms with Crippen LogP contribution in [0.3, 0.4) is 0 Å². The molecule has 174 valence electrons. The summed E-state index contributed by atoms with van der Waals surface area (Å²) >= 11 is 12.1. The smallest absolute Gasteiger partial charge is 0.254 e. The fourth-order valence-corrected chi connectivity index (χ4v) is 5.04. The van der Waals surface area contributed by atoms with Crippen LogP contribution in [0.1, 0.15) is 41.6 Å². The zero-order valence-corrected chi connectivity index (χ0v) is 19.9. The van der Waals surface area contributed by atoms with Gasteiger partial charge in [-0.3, -0.25) is 14.4 Å². The average Bonchev–Trinajstić information content (AvgIpc) is 3.27. The highest BCUT2D eigenvalue weighted by Gasteiger charge is 2.38. The number of aromatic nitrogens is 1. The van der Waals surface area contributed by atoms with Gasteiger partial charge in [0, 0.05) is 47.4 Å². The summed E-state index contributed by atoms with van der Waals surface area (Å²) in [6.07, 6.45) is 4.21. The van der Waals surface area contributed by atoms with E-state index in [4.69, 9.17) is 23.2 Å². The molecule has 33 heavy (non-hydrogen) atoms. The number of aryl methyl sites for hydroxylation is 1. The van der Waals surface area contributed by atoms with Crippen molar-refractivity contribution in [2.24, 2.45) is 5.92 Å². The topological polar surface area (TPSA) is 82.6 Å². The summed E-state index contributed by atoms with van der Waals surface area (Å²) in [4.78, 5) is 46.5. The zero-order valence-electron chi connectivity index (χ0n) is 18.4. The quantitative estimate of drug-likeness (QED) is 0.699. The first-order valence-electron chi connectivity index (χ1n) is 11.1. The third-order valence-corrected chi connectivity index (χ3v) is 6.69. The molecule has 1 aromatic carbocycles. The summed E-state index contributed by atoms with van der Waals surface area (Å²) in [7, 11) is 0. The molecule has 2 aromatic rings. The van der Waals surface area contributed by atoms with Crippen molar-refractivity contribution in [3.63, 3.8) is 0 Å². The highest BCUT2D eigenvalue weighted by Crippen LogP contribution is 2.27. The minimum absolute atomic E-state index is 0.0619. The average molecular weight is 489 g/mol. The van der Waals surface area contributed by atoms with Crippen molar-refractivity contribution in [3.05, 3.63) is 57.7 Å². The van der Waals surface area contributed by atoms with Crippen LogP contribution < -0.4 is 5.32 Å². The number of anilines is 1. The number of carbonyl (C=O) groups excluding carboxylic acids is 3. The number of hydrogen-bond donors (Lipinski definition) is 1. The van der Waals surface area contributed by atoms with Gasteiger partial charge in [-0.2, -0.15) is 0 Å². The minimum atomic E-state index is -0.503. The number of halogens is 2. The lowest BCUT2D eigenvalue weighted by atomic mass is 9.95. The van der Waals surface area contributed by atoms with Crippen LogP contribution in [0, 0.1) is 12.8 Å². The Hall–Kier alpha value is -2.64. The van der Waals surface area contributed by atoms with Crippen LogP contribution >= 0.6 is 23.2 Å². The van der Waals surface area contributed by atoms with E-state index in [0.717, 1.165) is 12.0 Å². The summed E-state index contributed by atoms with van der Waals surface area (Å²) in [5, 5.41) is 3.64. The van der Waals surface area contributed by atoms with Gasteiger partial charge >= 0.3 is 0 Å². The number of hydrogen-bond acceptors (Lipinski definition) is 4. The summed E-state index contributed by atoms with van der Waals surface area (Å²) in [6.45, 7) is 3.43. The second-order valence-electron chi connectivity index (χ2n) is 8.62. The van der Waals surface area contributed by atoms with Gasteiger partial charge in [-0.15, -0.1) is 0 Å². The SMILES string of the molecule is Cc1ccnc(NC(=O)C2CCN(C(=O)C3CCCN3C(=O)c3cc(Cl)cc(Cl)c3)CC2)c1. The number of amides is 3. The Morgan fingerprint density at radius 2 is 1.70 bits per heavy atom. The van der Waals surface area contributed by atoms with Gasteiger partial charge in [-0.25, -0.2) is 4.98 Å². The minimum Gasteiger partial charge on any atom is -0.341 e. The lowest BCUT2D eigenvalue weighted by molar-refractivity contribution is -0.138. The van der Waals surface area contributed by atoms with Gasteiger partial charge < -0.3 is 15.1 Å². The number of likely N-dealkylation sites (tertiary alicyclic amines) is 2. The van der Waals surface area contributed by atoms with Crippen LogP contribution in [0.5, 0.6) is 0 Å². The summed E-state index contributed by atoms with van der Waals surface area (Å²) in [5.41, 5.74) is 1.41. The normalized spacial score (nSPS) is 18.9. The fourth-order valence-electron chi connectivity index (χ4n) is 4.52.